The van der Waals surface area contributed by atoms with Crippen LogP contribution in [0.15, 0.2) is 12.4 Å². The van der Waals surface area contributed by atoms with E-state index in [4.69, 9.17) is 16.7 Å². The molecule has 0 saturated heterocycles. The number of carboxylic acid groups (broad SMARTS) is 1. The summed E-state index contributed by atoms with van der Waals surface area (Å²) >= 11 is 5.60. The first-order chi connectivity index (χ1) is 7.80. The van der Waals surface area contributed by atoms with E-state index < -0.39 is 17.4 Å². The van der Waals surface area contributed by atoms with Crippen molar-refractivity contribution in [1.29, 1.82) is 0 Å². The van der Waals surface area contributed by atoms with E-state index >= 15 is 0 Å². The maximum absolute atomic E-state index is 11.7. The molecular formula is C10H12ClN3O3. The maximum atomic E-state index is 11.7. The molecule has 92 valence electrons. The van der Waals surface area contributed by atoms with E-state index in [0.29, 0.717) is 0 Å². The highest BCUT2D eigenvalue weighted by Crippen LogP contribution is 2.10. The standard InChI is InChI=1S/C10H12ClN3O3/c1-10(2,3-8(15)16)14-9(17)6-4-12-5-7(11)13-6/h4-5H,3H2,1-2H3,(H,14,17)(H,15,16). The van der Waals surface area contributed by atoms with Gasteiger partial charge in [-0.2, -0.15) is 0 Å². The van der Waals surface area contributed by atoms with Crippen LogP contribution in [0.4, 0.5) is 0 Å². The topological polar surface area (TPSA) is 92.2 Å². The van der Waals surface area contributed by atoms with Crippen LogP contribution in [0.1, 0.15) is 30.8 Å². The lowest BCUT2D eigenvalue weighted by Gasteiger charge is -2.23. The SMILES string of the molecule is CC(C)(CC(=O)O)NC(=O)c1cncc(Cl)n1. The zero-order chi connectivity index (χ0) is 13.1. The summed E-state index contributed by atoms with van der Waals surface area (Å²) in [5.74, 6) is -1.50. The van der Waals surface area contributed by atoms with Crippen LogP contribution in [0.25, 0.3) is 0 Å². The summed E-state index contributed by atoms with van der Waals surface area (Å²) in [5.41, 5.74) is -0.816. The van der Waals surface area contributed by atoms with Gasteiger partial charge in [-0.05, 0) is 13.8 Å². The van der Waals surface area contributed by atoms with Gasteiger partial charge in [-0.15, -0.1) is 0 Å². The second kappa shape index (κ2) is 5.09. The fourth-order valence-electron chi connectivity index (χ4n) is 1.25. The van der Waals surface area contributed by atoms with Gasteiger partial charge in [0.1, 0.15) is 10.8 Å². The van der Waals surface area contributed by atoms with Crippen molar-refractivity contribution < 1.29 is 14.7 Å². The number of hydrogen-bond donors (Lipinski definition) is 2. The van der Waals surface area contributed by atoms with Gasteiger partial charge in [0.25, 0.3) is 5.91 Å². The Labute approximate surface area is 103 Å². The summed E-state index contributed by atoms with van der Waals surface area (Å²) in [6, 6.07) is 0. The molecule has 0 aromatic carbocycles. The molecule has 0 atom stereocenters. The highest BCUT2D eigenvalue weighted by atomic mass is 35.5. The smallest absolute Gasteiger partial charge is 0.305 e. The van der Waals surface area contributed by atoms with Crippen LogP contribution in [-0.4, -0.2) is 32.5 Å². The third-order valence-corrected chi connectivity index (χ3v) is 2.06. The van der Waals surface area contributed by atoms with Crippen molar-refractivity contribution in [3.05, 3.63) is 23.2 Å². The molecule has 0 unspecified atom stereocenters. The Bertz CT molecular complexity index is 448. The Morgan fingerprint density at radius 1 is 1.47 bits per heavy atom. The van der Waals surface area contributed by atoms with E-state index in [9.17, 15) is 9.59 Å². The lowest BCUT2D eigenvalue weighted by molar-refractivity contribution is -0.138. The van der Waals surface area contributed by atoms with Crippen molar-refractivity contribution in [2.75, 3.05) is 0 Å². The van der Waals surface area contributed by atoms with Crippen LogP contribution in [0.3, 0.4) is 0 Å². The van der Waals surface area contributed by atoms with Gasteiger partial charge in [-0.1, -0.05) is 11.6 Å². The molecule has 0 radical (unpaired) electrons. The molecule has 7 heteroatoms. The molecule has 0 spiro atoms. The number of carboxylic acids is 1. The minimum atomic E-state index is -0.993. The number of halogens is 1. The predicted octanol–water partition coefficient (Wildman–Crippen LogP) is 1.11. The van der Waals surface area contributed by atoms with E-state index in [1.54, 1.807) is 13.8 Å². The normalized spacial score (nSPS) is 11.0. The monoisotopic (exact) mass is 257 g/mol. The van der Waals surface area contributed by atoms with Gasteiger partial charge in [0.15, 0.2) is 0 Å². The maximum Gasteiger partial charge on any atom is 0.305 e. The average Bonchev–Trinajstić information content (AvgIpc) is 2.14. The second-order valence-electron chi connectivity index (χ2n) is 4.14. The molecule has 0 fully saturated rings. The molecule has 2 N–H and O–H groups in total. The fraction of sp³-hybridized carbons (Fsp3) is 0.400. The highest BCUT2D eigenvalue weighted by molar-refractivity contribution is 6.29. The third kappa shape index (κ3) is 4.36. The molecule has 0 saturated carbocycles. The first kappa shape index (κ1) is 13.4. The van der Waals surface area contributed by atoms with Gasteiger partial charge in [0, 0.05) is 5.54 Å². The van der Waals surface area contributed by atoms with Crippen LogP contribution in [-0.2, 0) is 4.79 Å². The Morgan fingerprint density at radius 2 is 2.12 bits per heavy atom. The first-order valence-electron chi connectivity index (χ1n) is 4.82. The first-order valence-corrected chi connectivity index (χ1v) is 5.20. The largest absolute Gasteiger partial charge is 0.481 e. The van der Waals surface area contributed by atoms with Gasteiger partial charge in [-0.25, -0.2) is 4.98 Å². The van der Waals surface area contributed by atoms with Gasteiger partial charge in [-0.3, -0.25) is 14.6 Å². The number of nitrogens with one attached hydrogen (secondary N) is 1. The second-order valence-corrected chi connectivity index (χ2v) is 4.52. The van der Waals surface area contributed by atoms with Crippen LogP contribution >= 0.6 is 11.6 Å². The van der Waals surface area contributed by atoms with E-state index in [0.717, 1.165) is 0 Å². The van der Waals surface area contributed by atoms with Gasteiger partial charge in [0.05, 0.1) is 18.8 Å². The molecule has 0 aliphatic carbocycles. The predicted molar refractivity (Wildman–Crippen MR) is 60.8 cm³/mol. The van der Waals surface area contributed by atoms with Crippen molar-refractivity contribution in [2.45, 2.75) is 25.8 Å². The Balaban J connectivity index is 2.75. The summed E-state index contributed by atoms with van der Waals surface area (Å²) < 4.78 is 0. The van der Waals surface area contributed by atoms with Crippen LogP contribution in [0, 0.1) is 0 Å². The lowest BCUT2D eigenvalue weighted by Crippen LogP contribution is -2.45. The minimum absolute atomic E-state index is 0.0518. The molecule has 17 heavy (non-hydrogen) atoms. The van der Waals surface area contributed by atoms with Crippen molar-refractivity contribution in [2.24, 2.45) is 0 Å². The minimum Gasteiger partial charge on any atom is -0.481 e. The number of amides is 1. The highest BCUT2D eigenvalue weighted by Gasteiger charge is 2.25. The number of hydrogen-bond acceptors (Lipinski definition) is 4. The van der Waals surface area contributed by atoms with E-state index in [2.05, 4.69) is 15.3 Å². The molecule has 1 amide bonds. The zero-order valence-corrected chi connectivity index (χ0v) is 10.2. The number of nitrogens with zero attached hydrogens (tertiary/aromatic N) is 2. The summed E-state index contributed by atoms with van der Waals surface area (Å²) in [7, 11) is 0. The summed E-state index contributed by atoms with van der Waals surface area (Å²) in [6.07, 6.45) is 2.38. The summed E-state index contributed by atoms with van der Waals surface area (Å²) in [6.45, 7) is 3.22. The zero-order valence-electron chi connectivity index (χ0n) is 9.40. The van der Waals surface area contributed by atoms with Gasteiger partial charge in [0.2, 0.25) is 0 Å². The third-order valence-electron chi connectivity index (χ3n) is 1.88. The Kier molecular flexibility index (Phi) is 4.01. The Morgan fingerprint density at radius 3 is 2.65 bits per heavy atom. The summed E-state index contributed by atoms with van der Waals surface area (Å²) in [4.78, 5) is 29.8. The number of aromatic nitrogens is 2. The number of aliphatic carboxylic acids is 1. The van der Waals surface area contributed by atoms with E-state index in [1.165, 1.54) is 12.4 Å². The van der Waals surface area contributed by atoms with Gasteiger partial charge >= 0.3 is 5.97 Å². The van der Waals surface area contributed by atoms with Crippen molar-refractivity contribution in [1.82, 2.24) is 15.3 Å². The van der Waals surface area contributed by atoms with Crippen LogP contribution in [0.2, 0.25) is 5.15 Å². The van der Waals surface area contributed by atoms with Crippen LogP contribution in [0.5, 0.6) is 0 Å². The fourth-order valence-corrected chi connectivity index (χ4v) is 1.39. The van der Waals surface area contributed by atoms with Crippen molar-refractivity contribution in [3.63, 3.8) is 0 Å². The average molecular weight is 258 g/mol. The molecule has 0 bridgehead atoms. The molecule has 1 heterocycles. The molecule has 6 nitrogen and oxygen atoms in total. The number of carbonyl (C=O) groups is 2. The lowest BCUT2D eigenvalue weighted by atomic mass is 10.0. The van der Waals surface area contributed by atoms with Crippen molar-refractivity contribution >= 4 is 23.5 Å². The molecule has 1 rings (SSSR count). The molecule has 0 aliphatic heterocycles. The quantitative estimate of drug-likeness (QED) is 0.843. The van der Waals surface area contributed by atoms with Gasteiger partial charge < -0.3 is 10.4 Å². The molecule has 1 aromatic heterocycles. The molecule has 0 aliphatic rings. The number of carbonyl (C=O) groups excluding carboxylic acids is 1. The van der Waals surface area contributed by atoms with Crippen LogP contribution < -0.4 is 5.32 Å². The van der Waals surface area contributed by atoms with Crippen molar-refractivity contribution in [3.8, 4) is 0 Å². The molecule has 1 aromatic rings. The van der Waals surface area contributed by atoms with E-state index in [-0.39, 0.29) is 17.3 Å². The van der Waals surface area contributed by atoms with E-state index in [1.807, 2.05) is 0 Å². The number of rotatable bonds is 4. The summed E-state index contributed by atoms with van der Waals surface area (Å²) in [5, 5.41) is 11.3. The Hall–Kier alpha value is -1.69. The molecular weight excluding hydrogens is 246 g/mol.